The van der Waals surface area contributed by atoms with Gasteiger partial charge in [0, 0.05) is 37.4 Å². The van der Waals surface area contributed by atoms with Crippen molar-refractivity contribution in [3.8, 4) is 0 Å². The van der Waals surface area contributed by atoms with Crippen LogP contribution in [-0.4, -0.2) is 53.8 Å². The lowest BCUT2D eigenvalue weighted by Gasteiger charge is -2.37. The number of amides is 2. The first-order chi connectivity index (χ1) is 13.8. The summed E-state index contributed by atoms with van der Waals surface area (Å²) in [6.07, 6.45) is -4.41. The lowest BCUT2D eigenvalue weighted by Crippen LogP contribution is -2.54. The minimum Gasteiger partial charge on any atom is -0.336 e. The largest absolute Gasteiger partial charge is 0.416 e. The maximum Gasteiger partial charge on any atom is 0.416 e. The van der Waals surface area contributed by atoms with Gasteiger partial charge in [0.1, 0.15) is 0 Å². The number of anilines is 1. The standard InChI is InChI=1S/C21H22F3N3O2/c1-15(19(28)25-18-9-7-17(8-10-18)21(22,23)24)26-11-13-27(14-12-26)20(29)16-5-3-2-4-6-16/h2-10,15H,11-14H2,1H3,(H,25,28)/t15-/m0/s1. The molecule has 1 fully saturated rings. The van der Waals surface area contributed by atoms with Gasteiger partial charge in [0.25, 0.3) is 5.91 Å². The molecule has 0 bridgehead atoms. The molecule has 8 heteroatoms. The fraction of sp³-hybridized carbons (Fsp3) is 0.333. The second-order valence-electron chi connectivity index (χ2n) is 6.93. The van der Waals surface area contributed by atoms with Crippen molar-refractivity contribution in [3.05, 3.63) is 65.7 Å². The molecule has 0 radical (unpaired) electrons. The van der Waals surface area contributed by atoms with E-state index in [-0.39, 0.29) is 11.8 Å². The van der Waals surface area contributed by atoms with Gasteiger partial charge < -0.3 is 10.2 Å². The molecule has 2 amide bonds. The van der Waals surface area contributed by atoms with Crippen molar-refractivity contribution >= 4 is 17.5 Å². The van der Waals surface area contributed by atoms with Gasteiger partial charge in [0.05, 0.1) is 11.6 Å². The summed E-state index contributed by atoms with van der Waals surface area (Å²) in [5.41, 5.74) is 0.185. The number of halogens is 3. The van der Waals surface area contributed by atoms with Gasteiger partial charge in [-0.2, -0.15) is 13.2 Å². The zero-order valence-electron chi connectivity index (χ0n) is 15.9. The number of alkyl halides is 3. The summed E-state index contributed by atoms with van der Waals surface area (Å²) >= 11 is 0. The zero-order chi connectivity index (χ0) is 21.0. The van der Waals surface area contributed by atoms with E-state index in [1.165, 1.54) is 12.1 Å². The van der Waals surface area contributed by atoms with E-state index in [9.17, 15) is 22.8 Å². The van der Waals surface area contributed by atoms with Crippen LogP contribution in [0.15, 0.2) is 54.6 Å². The fourth-order valence-electron chi connectivity index (χ4n) is 3.23. The highest BCUT2D eigenvalue weighted by molar-refractivity contribution is 5.95. The summed E-state index contributed by atoms with van der Waals surface area (Å²) in [5, 5.41) is 2.65. The van der Waals surface area contributed by atoms with Gasteiger partial charge in [-0.25, -0.2) is 0 Å². The Bertz CT molecular complexity index is 846. The third-order valence-corrected chi connectivity index (χ3v) is 5.03. The third-order valence-electron chi connectivity index (χ3n) is 5.03. The predicted octanol–water partition coefficient (Wildman–Crippen LogP) is 3.49. The molecule has 0 aliphatic carbocycles. The second kappa shape index (κ2) is 8.65. The quantitative estimate of drug-likeness (QED) is 0.847. The van der Waals surface area contributed by atoms with Gasteiger partial charge >= 0.3 is 6.18 Å². The van der Waals surface area contributed by atoms with Crippen LogP contribution in [0.25, 0.3) is 0 Å². The normalized spacial score (nSPS) is 16.3. The van der Waals surface area contributed by atoms with Crippen LogP contribution in [0.3, 0.4) is 0 Å². The number of rotatable bonds is 4. The van der Waals surface area contributed by atoms with E-state index < -0.39 is 17.8 Å². The number of carbonyl (C=O) groups is 2. The maximum atomic E-state index is 12.6. The summed E-state index contributed by atoms with van der Waals surface area (Å²) in [5.74, 6) is -0.334. The molecule has 0 aromatic heterocycles. The number of nitrogens with zero attached hydrogens (tertiary/aromatic N) is 2. The van der Waals surface area contributed by atoms with Gasteiger partial charge in [-0.15, -0.1) is 0 Å². The smallest absolute Gasteiger partial charge is 0.336 e. The number of piperazine rings is 1. The molecule has 3 rings (SSSR count). The highest BCUT2D eigenvalue weighted by Crippen LogP contribution is 2.29. The van der Waals surface area contributed by atoms with E-state index in [1.54, 1.807) is 24.0 Å². The Kier molecular flexibility index (Phi) is 6.22. The number of hydrogen-bond acceptors (Lipinski definition) is 3. The topological polar surface area (TPSA) is 52.7 Å². The Morgan fingerprint density at radius 2 is 1.52 bits per heavy atom. The van der Waals surface area contributed by atoms with E-state index in [0.717, 1.165) is 12.1 Å². The maximum absolute atomic E-state index is 12.6. The SMILES string of the molecule is C[C@@H](C(=O)Nc1ccc(C(F)(F)F)cc1)N1CCN(C(=O)c2ccccc2)CC1. The summed E-state index contributed by atoms with van der Waals surface area (Å²) in [4.78, 5) is 28.7. The molecule has 1 heterocycles. The summed E-state index contributed by atoms with van der Waals surface area (Å²) in [6, 6.07) is 12.9. The van der Waals surface area contributed by atoms with Crippen molar-refractivity contribution in [1.29, 1.82) is 0 Å². The van der Waals surface area contributed by atoms with Gasteiger partial charge in [-0.1, -0.05) is 18.2 Å². The number of carbonyl (C=O) groups excluding carboxylic acids is 2. The van der Waals surface area contributed by atoms with Crippen molar-refractivity contribution in [1.82, 2.24) is 9.80 Å². The molecular weight excluding hydrogens is 383 g/mol. The number of hydrogen-bond donors (Lipinski definition) is 1. The van der Waals surface area contributed by atoms with Crippen LogP contribution in [0.1, 0.15) is 22.8 Å². The molecule has 1 aliphatic heterocycles. The minimum atomic E-state index is -4.41. The van der Waals surface area contributed by atoms with Gasteiger partial charge in [-0.3, -0.25) is 14.5 Å². The predicted molar refractivity (Wildman–Crippen MR) is 103 cm³/mol. The molecule has 154 valence electrons. The Morgan fingerprint density at radius 3 is 2.07 bits per heavy atom. The summed E-state index contributed by atoms with van der Waals surface area (Å²) in [6.45, 7) is 3.84. The average molecular weight is 405 g/mol. The highest BCUT2D eigenvalue weighted by Gasteiger charge is 2.30. The van der Waals surface area contributed by atoms with Gasteiger partial charge in [0.2, 0.25) is 5.91 Å². The Labute approximate surface area is 167 Å². The molecule has 1 saturated heterocycles. The number of nitrogens with one attached hydrogen (secondary N) is 1. The van der Waals surface area contributed by atoms with Crippen LogP contribution >= 0.6 is 0 Å². The number of benzene rings is 2. The molecule has 5 nitrogen and oxygen atoms in total. The summed E-state index contributed by atoms with van der Waals surface area (Å²) in [7, 11) is 0. The fourth-order valence-corrected chi connectivity index (χ4v) is 3.23. The van der Waals surface area contributed by atoms with Gasteiger partial charge in [0.15, 0.2) is 0 Å². The average Bonchev–Trinajstić information content (AvgIpc) is 2.73. The zero-order valence-corrected chi connectivity index (χ0v) is 15.9. The molecule has 1 N–H and O–H groups in total. The minimum absolute atomic E-state index is 0.0351. The van der Waals surface area contributed by atoms with Crippen molar-refractivity contribution in [2.45, 2.75) is 19.1 Å². The van der Waals surface area contributed by atoms with E-state index in [1.807, 2.05) is 23.1 Å². The van der Waals surface area contributed by atoms with Crippen LogP contribution in [0, 0.1) is 0 Å². The Balaban J connectivity index is 1.53. The molecular formula is C21H22F3N3O2. The molecule has 1 aliphatic rings. The van der Waals surface area contributed by atoms with Crippen molar-refractivity contribution in [2.24, 2.45) is 0 Å². The van der Waals surface area contributed by atoms with Crippen LogP contribution in [0.5, 0.6) is 0 Å². The lowest BCUT2D eigenvalue weighted by molar-refractivity contribution is -0.137. The van der Waals surface area contributed by atoms with Crippen LogP contribution < -0.4 is 5.32 Å². The molecule has 2 aromatic rings. The van der Waals surface area contributed by atoms with E-state index in [0.29, 0.717) is 37.4 Å². The van der Waals surface area contributed by atoms with Crippen LogP contribution in [0.4, 0.5) is 18.9 Å². The monoisotopic (exact) mass is 405 g/mol. The molecule has 0 spiro atoms. The van der Waals surface area contributed by atoms with Crippen LogP contribution in [0.2, 0.25) is 0 Å². The van der Waals surface area contributed by atoms with Gasteiger partial charge in [-0.05, 0) is 43.3 Å². The molecule has 0 unspecified atom stereocenters. The van der Waals surface area contributed by atoms with Crippen molar-refractivity contribution in [2.75, 3.05) is 31.5 Å². The van der Waals surface area contributed by atoms with E-state index in [2.05, 4.69) is 5.32 Å². The lowest BCUT2D eigenvalue weighted by atomic mass is 10.1. The van der Waals surface area contributed by atoms with E-state index in [4.69, 9.17) is 0 Å². The Hall–Kier alpha value is -2.87. The second-order valence-corrected chi connectivity index (χ2v) is 6.93. The third kappa shape index (κ3) is 5.14. The Morgan fingerprint density at radius 1 is 0.931 bits per heavy atom. The molecule has 2 aromatic carbocycles. The first-order valence-corrected chi connectivity index (χ1v) is 9.32. The molecule has 0 saturated carbocycles. The van der Waals surface area contributed by atoms with Crippen LogP contribution in [-0.2, 0) is 11.0 Å². The first kappa shape index (κ1) is 20.9. The van der Waals surface area contributed by atoms with Crippen molar-refractivity contribution in [3.63, 3.8) is 0 Å². The van der Waals surface area contributed by atoms with E-state index >= 15 is 0 Å². The first-order valence-electron chi connectivity index (χ1n) is 9.32. The highest BCUT2D eigenvalue weighted by atomic mass is 19.4. The molecule has 29 heavy (non-hydrogen) atoms. The summed E-state index contributed by atoms with van der Waals surface area (Å²) < 4.78 is 37.9. The van der Waals surface area contributed by atoms with Crippen molar-refractivity contribution < 1.29 is 22.8 Å². The molecule has 1 atom stereocenters.